The first-order valence-corrected chi connectivity index (χ1v) is 8.84. The van der Waals surface area contributed by atoms with E-state index in [4.69, 9.17) is 0 Å². The lowest BCUT2D eigenvalue weighted by Crippen LogP contribution is -2.26. The summed E-state index contributed by atoms with van der Waals surface area (Å²) in [6, 6.07) is 4.35. The van der Waals surface area contributed by atoms with E-state index >= 15 is 0 Å². The molecule has 0 unspecified atom stereocenters. The number of aromatic amines is 1. The SMILES string of the molecule is CC1=C[C@@H](C)[C@H](/C=N\n2cnc3c([nH]c4ccc(F)cc43)c2=O)[C@@H](C)C1. The van der Waals surface area contributed by atoms with Crippen molar-refractivity contribution in [3.8, 4) is 0 Å². The Hall–Kier alpha value is -2.76. The molecule has 6 heteroatoms. The first kappa shape index (κ1) is 16.7. The molecule has 26 heavy (non-hydrogen) atoms. The summed E-state index contributed by atoms with van der Waals surface area (Å²) in [7, 11) is 0. The highest BCUT2D eigenvalue weighted by Gasteiger charge is 2.25. The second-order valence-corrected chi connectivity index (χ2v) is 7.33. The fraction of sp³-hybridized carbons (Fsp3) is 0.350. The molecule has 0 spiro atoms. The molecule has 2 heterocycles. The van der Waals surface area contributed by atoms with E-state index in [-0.39, 0.29) is 17.3 Å². The van der Waals surface area contributed by atoms with Crippen molar-refractivity contribution in [2.24, 2.45) is 22.9 Å². The molecule has 0 bridgehead atoms. The van der Waals surface area contributed by atoms with Crippen molar-refractivity contribution in [1.82, 2.24) is 14.6 Å². The number of nitrogens with one attached hydrogen (secondary N) is 1. The van der Waals surface area contributed by atoms with Crippen LogP contribution in [0.4, 0.5) is 4.39 Å². The summed E-state index contributed by atoms with van der Waals surface area (Å²) < 4.78 is 14.7. The summed E-state index contributed by atoms with van der Waals surface area (Å²) in [6.07, 6.45) is 6.57. The number of hydrogen-bond acceptors (Lipinski definition) is 3. The standard InChI is InChI=1S/C20H21FN4O/c1-11-6-12(2)16(13(3)7-11)9-23-25-10-22-18-15-8-14(21)4-5-17(15)24-19(18)20(25)26/h4-6,8-10,12-13,16,24H,7H2,1-3H3/b23-9-/t12-,13+,16+/m1/s1. The predicted octanol–water partition coefficient (Wildman–Crippen LogP) is 4.09. The average Bonchev–Trinajstić information content (AvgIpc) is 2.94. The molecule has 1 aliphatic carbocycles. The van der Waals surface area contributed by atoms with E-state index in [1.54, 1.807) is 6.07 Å². The highest BCUT2D eigenvalue weighted by atomic mass is 19.1. The third kappa shape index (κ3) is 2.75. The van der Waals surface area contributed by atoms with Gasteiger partial charge in [-0.25, -0.2) is 9.37 Å². The fourth-order valence-corrected chi connectivity index (χ4v) is 4.02. The van der Waals surface area contributed by atoms with E-state index in [9.17, 15) is 9.18 Å². The van der Waals surface area contributed by atoms with Crippen molar-refractivity contribution in [3.63, 3.8) is 0 Å². The predicted molar refractivity (Wildman–Crippen MR) is 102 cm³/mol. The Morgan fingerprint density at radius 2 is 2.19 bits per heavy atom. The number of H-pyrrole nitrogens is 1. The van der Waals surface area contributed by atoms with Crippen molar-refractivity contribution in [2.45, 2.75) is 27.2 Å². The van der Waals surface area contributed by atoms with Gasteiger partial charge in [-0.3, -0.25) is 4.79 Å². The van der Waals surface area contributed by atoms with E-state index < -0.39 is 0 Å². The van der Waals surface area contributed by atoms with Gasteiger partial charge in [-0.2, -0.15) is 9.78 Å². The summed E-state index contributed by atoms with van der Waals surface area (Å²) in [5, 5.41) is 4.99. The van der Waals surface area contributed by atoms with Gasteiger partial charge in [-0.15, -0.1) is 0 Å². The minimum atomic E-state index is -0.356. The third-order valence-corrected chi connectivity index (χ3v) is 5.27. The number of hydrogen-bond donors (Lipinski definition) is 1. The van der Waals surface area contributed by atoms with Crippen LogP contribution in [0, 0.1) is 23.6 Å². The number of allylic oxidation sites excluding steroid dienone is 2. The molecule has 0 saturated heterocycles. The molecule has 3 aromatic rings. The van der Waals surface area contributed by atoms with Crippen LogP contribution in [-0.4, -0.2) is 20.9 Å². The van der Waals surface area contributed by atoms with Gasteiger partial charge in [-0.05, 0) is 43.4 Å². The van der Waals surface area contributed by atoms with Gasteiger partial charge in [0.25, 0.3) is 5.56 Å². The largest absolute Gasteiger partial charge is 0.349 e. The Bertz CT molecular complexity index is 1110. The highest BCUT2D eigenvalue weighted by molar-refractivity contribution is 6.04. The molecule has 0 aliphatic heterocycles. The van der Waals surface area contributed by atoms with Crippen molar-refractivity contribution < 1.29 is 4.39 Å². The van der Waals surface area contributed by atoms with Gasteiger partial charge in [0.2, 0.25) is 0 Å². The highest BCUT2D eigenvalue weighted by Crippen LogP contribution is 2.32. The first-order valence-electron chi connectivity index (χ1n) is 8.84. The van der Waals surface area contributed by atoms with Crippen LogP contribution >= 0.6 is 0 Å². The van der Waals surface area contributed by atoms with Gasteiger partial charge in [0.1, 0.15) is 23.2 Å². The molecule has 0 saturated carbocycles. The maximum absolute atomic E-state index is 13.5. The van der Waals surface area contributed by atoms with Crippen molar-refractivity contribution in [3.05, 3.63) is 52.3 Å². The molecule has 0 fully saturated rings. The molecule has 4 rings (SSSR count). The minimum Gasteiger partial charge on any atom is -0.349 e. The van der Waals surface area contributed by atoms with Crippen molar-refractivity contribution in [1.29, 1.82) is 0 Å². The van der Waals surface area contributed by atoms with E-state index in [0.717, 1.165) is 6.42 Å². The summed E-state index contributed by atoms with van der Waals surface area (Å²) in [5.74, 6) is 0.775. The second-order valence-electron chi connectivity index (χ2n) is 7.33. The van der Waals surface area contributed by atoms with Crippen LogP contribution in [0.25, 0.3) is 21.9 Å². The number of fused-ring (bicyclic) bond motifs is 3. The van der Waals surface area contributed by atoms with Crippen molar-refractivity contribution in [2.75, 3.05) is 0 Å². The molecule has 3 atom stereocenters. The van der Waals surface area contributed by atoms with Crippen molar-refractivity contribution >= 4 is 28.2 Å². The molecule has 2 aromatic heterocycles. The normalized spacial score (nSPS) is 23.8. The van der Waals surface area contributed by atoms with E-state index in [1.165, 1.54) is 28.7 Å². The molecular formula is C20H21FN4O. The topological polar surface area (TPSA) is 63.0 Å². The summed E-state index contributed by atoms with van der Waals surface area (Å²) >= 11 is 0. The second kappa shape index (κ2) is 6.20. The zero-order chi connectivity index (χ0) is 18.4. The number of rotatable bonds is 2. The fourth-order valence-electron chi connectivity index (χ4n) is 4.02. The summed E-state index contributed by atoms with van der Waals surface area (Å²) in [5.41, 5.74) is 2.61. The Kier molecular flexibility index (Phi) is 3.98. The van der Waals surface area contributed by atoms with E-state index in [0.29, 0.717) is 33.8 Å². The third-order valence-electron chi connectivity index (χ3n) is 5.27. The number of aromatic nitrogens is 3. The number of halogens is 1. The molecule has 1 aliphatic rings. The first-order chi connectivity index (χ1) is 12.4. The average molecular weight is 352 g/mol. The Morgan fingerprint density at radius 3 is 2.96 bits per heavy atom. The maximum Gasteiger partial charge on any atom is 0.298 e. The van der Waals surface area contributed by atoms with Gasteiger partial charge in [0.05, 0.1) is 0 Å². The molecular weight excluding hydrogens is 331 g/mol. The Labute approximate surface area is 150 Å². The minimum absolute atomic E-state index is 0.276. The lowest BCUT2D eigenvalue weighted by Gasteiger charge is -2.29. The quantitative estimate of drug-likeness (QED) is 0.558. The molecule has 1 aromatic carbocycles. The number of nitrogens with zero attached hydrogens (tertiary/aromatic N) is 3. The zero-order valence-electron chi connectivity index (χ0n) is 15.0. The zero-order valence-corrected chi connectivity index (χ0v) is 15.0. The van der Waals surface area contributed by atoms with Crippen LogP contribution in [0.15, 0.2) is 46.1 Å². The van der Waals surface area contributed by atoms with Gasteiger partial charge < -0.3 is 4.98 Å². The lowest BCUT2D eigenvalue weighted by molar-refractivity contribution is 0.361. The van der Waals surface area contributed by atoms with Crippen LogP contribution in [-0.2, 0) is 0 Å². The van der Waals surface area contributed by atoms with Crippen LogP contribution in [0.5, 0.6) is 0 Å². The van der Waals surface area contributed by atoms with E-state index in [1.807, 2.05) is 6.21 Å². The van der Waals surface area contributed by atoms with Gasteiger partial charge in [-0.1, -0.05) is 25.5 Å². The molecule has 0 radical (unpaired) electrons. The lowest BCUT2D eigenvalue weighted by atomic mass is 9.76. The smallest absolute Gasteiger partial charge is 0.298 e. The number of benzene rings is 1. The summed E-state index contributed by atoms with van der Waals surface area (Å²) in [4.78, 5) is 20.1. The molecule has 5 nitrogen and oxygen atoms in total. The molecule has 134 valence electrons. The van der Waals surface area contributed by atoms with Gasteiger partial charge in [0.15, 0.2) is 0 Å². The summed E-state index contributed by atoms with van der Waals surface area (Å²) in [6.45, 7) is 6.54. The van der Waals surface area contributed by atoms with E-state index in [2.05, 4.69) is 41.9 Å². The maximum atomic E-state index is 13.5. The molecule has 1 N–H and O–H groups in total. The van der Waals surface area contributed by atoms with Gasteiger partial charge in [0, 0.05) is 23.0 Å². The van der Waals surface area contributed by atoms with Gasteiger partial charge >= 0.3 is 0 Å². The van der Waals surface area contributed by atoms with Crippen LogP contribution in [0.2, 0.25) is 0 Å². The molecule has 0 amide bonds. The Balaban J connectivity index is 1.75. The monoisotopic (exact) mass is 352 g/mol. The Morgan fingerprint density at radius 1 is 1.38 bits per heavy atom. The van der Waals surface area contributed by atoms with Crippen LogP contribution in [0.1, 0.15) is 27.2 Å². The van der Waals surface area contributed by atoms with Crippen LogP contribution in [0.3, 0.4) is 0 Å². The van der Waals surface area contributed by atoms with Crippen LogP contribution < -0.4 is 5.56 Å².